The minimum Gasteiger partial charge on any atom is -0.364 e. The molecule has 2 aliphatic carbocycles. The number of likely N-dealkylation sites (tertiary alicyclic amines) is 1. The van der Waals surface area contributed by atoms with Crippen molar-refractivity contribution in [2.45, 2.75) is 70.4 Å². The van der Waals surface area contributed by atoms with Crippen molar-refractivity contribution in [1.29, 1.82) is 0 Å². The number of nitrogens with one attached hydrogen (secondary N) is 2. The third-order valence-corrected chi connectivity index (χ3v) is 6.58. The molecular formula is C21H31N3O2. The van der Waals surface area contributed by atoms with Crippen LogP contribution in [-0.2, 0) is 0 Å². The van der Waals surface area contributed by atoms with Gasteiger partial charge >= 0.3 is 0 Å². The highest BCUT2D eigenvalue weighted by molar-refractivity contribution is 5.94. The predicted molar refractivity (Wildman–Crippen MR) is 102 cm³/mol. The summed E-state index contributed by atoms with van der Waals surface area (Å²) in [4.78, 5) is 30.5. The van der Waals surface area contributed by atoms with Gasteiger partial charge in [-0.1, -0.05) is 25.7 Å². The van der Waals surface area contributed by atoms with Gasteiger partial charge in [-0.3, -0.25) is 14.5 Å². The quantitative estimate of drug-likeness (QED) is 0.815. The van der Waals surface area contributed by atoms with Gasteiger partial charge in [-0.15, -0.1) is 0 Å². The zero-order chi connectivity index (χ0) is 18.1. The third kappa shape index (κ3) is 3.88. The number of amides is 1. The first-order valence-electron chi connectivity index (χ1n) is 10.4. The van der Waals surface area contributed by atoms with E-state index in [1.165, 1.54) is 57.4 Å². The molecule has 0 aromatic carbocycles. The minimum absolute atomic E-state index is 0.180. The van der Waals surface area contributed by atoms with E-state index in [9.17, 15) is 9.59 Å². The number of carbonyl (C=O) groups excluding carboxylic acids is 1. The molecule has 4 rings (SSSR count). The van der Waals surface area contributed by atoms with E-state index in [2.05, 4.69) is 15.2 Å². The lowest BCUT2D eigenvalue weighted by atomic mass is 9.98. The number of pyridine rings is 1. The Bertz CT molecular complexity index is 701. The van der Waals surface area contributed by atoms with Gasteiger partial charge in [0.1, 0.15) is 5.56 Å². The van der Waals surface area contributed by atoms with E-state index < -0.39 is 0 Å². The topological polar surface area (TPSA) is 65.2 Å². The van der Waals surface area contributed by atoms with E-state index in [4.69, 9.17) is 0 Å². The van der Waals surface area contributed by atoms with Crippen molar-refractivity contribution < 1.29 is 4.79 Å². The van der Waals surface area contributed by atoms with E-state index >= 15 is 0 Å². The zero-order valence-corrected chi connectivity index (χ0v) is 15.8. The summed E-state index contributed by atoms with van der Waals surface area (Å²) in [6.45, 7) is 3.89. The molecule has 0 spiro atoms. The van der Waals surface area contributed by atoms with Gasteiger partial charge in [0.15, 0.2) is 5.43 Å². The van der Waals surface area contributed by atoms with Crippen LogP contribution in [0.5, 0.6) is 0 Å². The molecule has 0 bridgehead atoms. The molecule has 2 N–H and O–H groups in total. The summed E-state index contributed by atoms with van der Waals surface area (Å²) in [6.07, 6.45) is 12.2. The number of aromatic nitrogens is 1. The van der Waals surface area contributed by atoms with E-state index in [-0.39, 0.29) is 22.9 Å². The average molecular weight is 357 g/mol. The van der Waals surface area contributed by atoms with Crippen molar-refractivity contribution in [1.82, 2.24) is 15.2 Å². The van der Waals surface area contributed by atoms with Crippen LogP contribution < -0.4 is 10.7 Å². The van der Waals surface area contributed by atoms with Crippen molar-refractivity contribution in [2.24, 2.45) is 11.8 Å². The lowest BCUT2D eigenvalue weighted by molar-refractivity contribution is 0.0925. The molecule has 1 amide bonds. The van der Waals surface area contributed by atoms with E-state index in [1.54, 1.807) is 6.20 Å². The van der Waals surface area contributed by atoms with Crippen LogP contribution in [0, 0.1) is 18.8 Å². The Hall–Kier alpha value is -1.62. The van der Waals surface area contributed by atoms with Gasteiger partial charge in [-0.05, 0) is 44.4 Å². The van der Waals surface area contributed by atoms with Gasteiger partial charge in [0.2, 0.25) is 0 Å². The van der Waals surface area contributed by atoms with E-state index in [0.717, 1.165) is 24.7 Å². The molecule has 1 aromatic heterocycles. The molecule has 3 fully saturated rings. The second-order valence-corrected chi connectivity index (χ2v) is 8.57. The Morgan fingerprint density at radius 2 is 1.85 bits per heavy atom. The number of hydrogen-bond donors (Lipinski definition) is 2. The Kier molecular flexibility index (Phi) is 5.16. The number of nitrogens with zero attached hydrogens (tertiary/aromatic N) is 1. The number of rotatable bonds is 4. The summed E-state index contributed by atoms with van der Waals surface area (Å²) in [6, 6.07) is 2.36. The maximum absolute atomic E-state index is 12.7. The molecule has 5 nitrogen and oxygen atoms in total. The van der Waals surface area contributed by atoms with Gasteiger partial charge < -0.3 is 10.3 Å². The average Bonchev–Trinajstić information content (AvgIpc) is 3.41. The molecular weight excluding hydrogens is 326 g/mol. The fourth-order valence-electron chi connectivity index (χ4n) is 4.93. The zero-order valence-electron chi connectivity index (χ0n) is 15.8. The largest absolute Gasteiger partial charge is 0.364 e. The summed E-state index contributed by atoms with van der Waals surface area (Å²) in [7, 11) is 0. The number of aromatic amines is 1. The second-order valence-electron chi connectivity index (χ2n) is 8.57. The van der Waals surface area contributed by atoms with Gasteiger partial charge in [-0.25, -0.2) is 0 Å². The molecule has 26 heavy (non-hydrogen) atoms. The smallest absolute Gasteiger partial charge is 0.257 e. The maximum atomic E-state index is 12.7. The van der Waals surface area contributed by atoms with Crippen molar-refractivity contribution in [3.63, 3.8) is 0 Å². The molecule has 0 unspecified atom stereocenters. The Labute approximate surface area is 155 Å². The molecule has 2 heterocycles. The van der Waals surface area contributed by atoms with Crippen molar-refractivity contribution in [3.05, 3.63) is 33.7 Å². The lowest BCUT2D eigenvalue weighted by Crippen LogP contribution is -2.43. The predicted octanol–water partition coefficient (Wildman–Crippen LogP) is 2.85. The van der Waals surface area contributed by atoms with Crippen LogP contribution in [0.4, 0.5) is 0 Å². The molecule has 1 aliphatic heterocycles. The van der Waals surface area contributed by atoms with Crippen LogP contribution in [0.15, 0.2) is 17.1 Å². The number of aryl methyl sites for hydroxylation is 1. The number of hydrogen-bond acceptors (Lipinski definition) is 3. The molecule has 5 heteroatoms. The molecule has 2 atom stereocenters. The fraction of sp³-hybridized carbons (Fsp3) is 0.714. The van der Waals surface area contributed by atoms with Crippen LogP contribution in [0.2, 0.25) is 0 Å². The second kappa shape index (κ2) is 7.55. The molecule has 1 saturated heterocycles. The summed E-state index contributed by atoms with van der Waals surface area (Å²) in [5.74, 6) is 1.09. The third-order valence-electron chi connectivity index (χ3n) is 6.58. The SMILES string of the molecule is Cc1cc(=O)c(C(=O)N[C@@H]2CN(C3CCCCCC3)C[C@H]2C2CC2)c[nH]1. The Balaban J connectivity index is 1.45. The monoisotopic (exact) mass is 357 g/mol. The van der Waals surface area contributed by atoms with Crippen molar-refractivity contribution in [3.8, 4) is 0 Å². The van der Waals surface area contributed by atoms with Gasteiger partial charge in [-0.2, -0.15) is 0 Å². The summed E-state index contributed by atoms with van der Waals surface area (Å²) in [5.41, 5.74) is 0.821. The van der Waals surface area contributed by atoms with Gasteiger partial charge in [0, 0.05) is 43.1 Å². The summed E-state index contributed by atoms with van der Waals surface area (Å²) in [5, 5.41) is 3.21. The highest BCUT2D eigenvalue weighted by Gasteiger charge is 2.44. The molecule has 3 aliphatic rings. The van der Waals surface area contributed by atoms with Gasteiger partial charge in [0.05, 0.1) is 0 Å². The minimum atomic E-state index is -0.218. The van der Waals surface area contributed by atoms with E-state index in [0.29, 0.717) is 12.0 Å². The first kappa shape index (κ1) is 17.8. The van der Waals surface area contributed by atoms with Crippen LogP contribution in [0.3, 0.4) is 0 Å². The van der Waals surface area contributed by atoms with Crippen LogP contribution >= 0.6 is 0 Å². The standard InChI is InChI=1S/C21H31N3O2/c1-14-10-20(25)17(11-22-14)21(26)23-19-13-24(12-18(19)15-8-9-15)16-6-4-2-3-5-7-16/h10-11,15-16,18-19H,2-9,12-13H2,1H3,(H,22,25)(H,23,26)/t18-,19+/m0/s1. The van der Waals surface area contributed by atoms with E-state index in [1.807, 2.05) is 6.92 Å². The van der Waals surface area contributed by atoms with Crippen LogP contribution in [0.25, 0.3) is 0 Å². The Morgan fingerprint density at radius 1 is 1.12 bits per heavy atom. The van der Waals surface area contributed by atoms with Crippen molar-refractivity contribution >= 4 is 5.91 Å². The summed E-state index contributed by atoms with van der Waals surface area (Å²) >= 11 is 0. The highest BCUT2D eigenvalue weighted by Crippen LogP contribution is 2.42. The molecule has 0 radical (unpaired) electrons. The normalized spacial score (nSPS) is 28.0. The number of H-pyrrole nitrogens is 1. The molecule has 1 aromatic rings. The maximum Gasteiger partial charge on any atom is 0.257 e. The Morgan fingerprint density at radius 3 is 2.50 bits per heavy atom. The lowest BCUT2D eigenvalue weighted by Gasteiger charge is -2.26. The first-order chi connectivity index (χ1) is 12.6. The van der Waals surface area contributed by atoms with Gasteiger partial charge in [0.25, 0.3) is 5.91 Å². The first-order valence-corrected chi connectivity index (χ1v) is 10.4. The molecule has 142 valence electrons. The molecule has 2 saturated carbocycles. The van der Waals surface area contributed by atoms with Crippen LogP contribution in [0.1, 0.15) is 67.4 Å². The van der Waals surface area contributed by atoms with Crippen LogP contribution in [-0.4, -0.2) is 41.0 Å². The fourth-order valence-corrected chi connectivity index (χ4v) is 4.93. The van der Waals surface area contributed by atoms with Crippen molar-refractivity contribution in [2.75, 3.05) is 13.1 Å². The number of carbonyl (C=O) groups is 1. The highest BCUT2D eigenvalue weighted by atomic mass is 16.2. The summed E-state index contributed by atoms with van der Waals surface area (Å²) < 4.78 is 0.